The number of amides is 1. The lowest BCUT2D eigenvalue weighted by molar-refractivity contribution is 0.0732. The summed E-state index contributed by atoms with van der Waals surface area (Å²) in [6.45, 7) is 2.67. The van der Waals surface area contributed by atoms with E-state index in [4.69, 9.17) is 16.6 Å². The summed E-state index contributed by atoms with van der Waals surface area (Å²) in [5.74, 6) is -0.150. The zero-order valence-corrected chi connectivity index (χ0v) is 9.31. The lowest BCUT2D eigenvalue weighted by Crippen LogP contribution is -2.33. The molecule has 1 amide bonds. The van der Waals surface area contributed by atoms with Crippen molar-refractivity contribution in [3.8, 4) is 0 Å². The van der Waals surface area contributed by atoms with Crippen LogP contribution >= 0.6 is 0 Å². The van der Waals surface area contributed by atoms with Crippen molar-refractivity contribution >= 4 is 17.3 Å². The molecule has 0 spiro atoms. The van der Waals surface area contributed by atoms with Crippen LogP contribution in [-0.4, -0.2) is 35.6 Å². The quantitative estimate of drug-likeness (QED) is 0.640. The van der Waals surface area contributed by atoms with Crippen molar-refractivity contribution in [1.82, 2.24) is 4.90 Å². The third kappa shape index (κ3) is 2.64. The van der Waals surface area contributed by atoms with E-state index in [0.29, 0.717) is 30.0 Å². The molecule has 16 heavy (non-hydrogen) atoms. The molecule has 1 aromatic carbocycles. The summed E-state index contributed by atoms with van der Waals surface area (Å²) in [6.07, 6.45) is 0. The standard InChI is InChI=1S/C11H17N3O2/c1-2-14(5-6-15)11(16)8-3-4-9(12)10(13)7-8/h3-4,7,15H,2,5-6,12-13H2,1H3. The van der Waals surface area contributed by atoms with Gasteiger partial charge in [-0.3, -0.25) is 4.79 Å². The Morgan fingerprint density at radius 2 is 2.06 bits per heavy atom. The van der Waals surface area contributed by atoms with Crippen molar-refractivity contribution in [2.45, 2.75) is 6.92 Å². The van der Waals surface area contributed by atoms with Gasteiger partial charge >= 0.3 is 0 Å². The van der Waals surface area contributed by atoms with Gasteiger partial charge in [-0.05, 0) is 25.1 Å². The van der Waals surface area contributed by atoms with Gasteiger partial charge in [-0.2, -0.15) is 0 Å². The maximum atomic E-state index is 11.9. The molecule has 0 atom stereocenters. The highest BCUT2D eigenvalue weighted by molar-refractivity contribution is 5.96. The van der Waals surface area contributed by atoms with Gasteiger partial charge in [-0.15, -0.1) is 0 Å². The van der Waals surface area contributed by atoms with Gasteiger partial charge in [0.05, 0.1) is 18.0 Å². The number of nitrogens with zero attached hydrogens (tertiary/aromatic N) is 1. The first-order chi connectivity index (χ1) is 7.60. The molecule has 0 unspecified atom stereocenters. The van der Waals surface area contributed by atoms with Crippen LogP contribution in [0.25, 0.3) is 0 Å². The van der Waals surface area contributed by atoms with Crippen LogP contribution in [0.15, 0.2) is 18.2 Å². The third-order valence-electron chi connectivity index (χ3n) is 2.37. The molecular weight excluding hydrogens is 206 g/mol. The first kappa shape index (κ1) is 12.3. The summed E-state index contributed by atoms with van der Waals surface area (Å²) in [5, 5.41) is 8.82. The summed E-state index contributed by atoms with van der Waals surface area (Å²) in [7, 11) is 0. The average Bonchev–Trinajstić information content (AvgIpc) is 2.28. The fourth-order valence-electron chi connectivity index (χ4n) is 1.41. The van der Waals surface area contributed by atoms with E-state index in [1.165, 1.54) is 0 Å². The summed E-state index contributed by atoms with van der Waals surface area (Å²) >= 11 is 0. The summed E-state index contributed by atoms with van der Waals surface area (Å²) < 4.78 is 0. The molecule has 0 aromatic heterocycles. The normalized spacial score (nSPS) is 10.1. The molecule has 5 N–H and O–H groups in total. The highest BCUT2D eigenvalue weighted by Gasteiger charge is 2.13. The first-order valence-electron chi connectivity index (χ1n) is 5.15. The molecule has 0 bridgehead atoms. The van der Waals surface area contributed by atoms with E-state index in [2.05, 4.69) is 0 Å². The van der Waals surface area contributed by atoms with Crippen LogP contribution in [0.5, 0.6) is 0 Å². The van der Waals surface area contributed by atoms with Crippen LogP contribution in [0.4, 0.5) is 11.4 Å². The molecule has 0 fully saturated rings. The minimum Gasteiger partial charge on any atom is -0.397 e. The molecule has 0 aliphatic rings. The number of carbonyl (C=O) groups is 1. The molecule has 0 heterocycles. The molecule has 0 aliphatic carbocycles. The van der Waals surface area contributed by atoms with E-state index in [9.17, 15) is 4.79 Å². The Labute approximate surface area is 94.7 Å². The number of aliphatic hydroxyl groups excluding tert-OH is 1. The van der Waals surface area contributed by atoms with Crippen LogP contribution in [0.3, 0.4) is 0 Å². The maximum absolute atomic E-state index is 11.9. The molecule has 5 heteroatoms. The van der Waals surface area contributed by atoms with E-state index in [1.54, 1.807) is 23.1 Å². The van der Waals surface area contributed by atoms with Gasteiger partial charge in [-0.1, -0.05) is 0 Å². The molecule has 5 nitrogen and oxygen atoms in total. The van der Waals surface area contributed by atoms with Crippen molar-refractivity contribution < 1.29 is 9.90 Å². The van der Waals surface area contributed by atoms with Gasteiger partial charge in [0.25, 0.3) is 5.91 Å². The molecule has 0 radical (unpaired) electrons. The largest absolute Gasteiger partial charge is 0.397 e. The van der Waals surface area contributed by atoms with Crippen LogP contribution in [0, 0.1) is 0 Å². The monoisotopic (exact) mass is 223 g/mol. The van der Waals surface area contributed by atoms with Gasteiger partial charge in [0.1, 0.15) is 0 Å². The highest BCUT2D eigenvalue weighted by Crippen LogP contribution is 2.17. The van der Waals surface area contributed by atoms with E-state index >= 15 is 0 Å². The van der Waals surface area contributed by atoms with E-state index < -0.39 is 0 Å². The summed E-state index contributed by atoms with van der Waals surface area (Å²) in [5.41, 5.74) is 12.5. The molecule has 0 aliphatic heterocycles. The van der Waals surface area contributed by atoms with E-state index in [1.807, 2.05) is 6.92 Å². The second-order valence-corrected chi connectivity index (χ2v) is 3.45. The number of hydrogen-bond donors (Lipinski definition) is 3. The Hall–Kier alpha value is -1.75. The van der Waals surface area contributed by atoms with Gasteiger partial charge < -0.3 is 21.5 Å². The number of rotatable bonds is 4. The number of aliphatic hydroxyl groups is 1. The molecule has 1 rings (SSSR count). The number of hydrogen-bond acceptors (Lipinski definition) is 4. The smallest absolute Gasteiger partial charge is 0.253 e. The Bertz CT molecular complexity index is 379. The molecular formula is C11H17N3O2. The number of carbonyl (C=O) groups excluding carboxylic acids is 1. The second kappa shape index (κ2) is 5.37. The van der Waals surface area contributed by atoms with Gasteiger partial charge in [0, 0.05) is 18.7 Å². The number of likely N-dealkylation sites (N-methyl/N-ethyl adjacent to an activating group) is 1. The molecule has 88 valence electrons. The van der Waals surface area contributed by atoms with Crippen molar-refractivity contribution in [1.29, 1.82) is 0 Å². The molecule has 1 aromatic rings. The fourth-order valence-corrected chi connectivity index (χ4v) is 1.41. The minimum atomic E-state index is -0.150. The average molecular weight is 223 g/mol. The number of nitrogen functional groups attached to an aromatic ring is 2. The van der Waals surface area contributed by atoms with Gasteiger partial charge in [0.2, 0.25) is 0 Å². The predicted octanol–water partition coefficient (Wildman–Crippen LogP) is 0.305. The van der Waals surface area contributed by atoms with E-state index in [-0.39, 0.29) is 12.5 Å². The van der Waals surface area contributed by atoms with Crippen LogP contribution < -0.4 is 11.5 Å². The number of nitrogens with two attached hydrogens (primary N) is 2. The van der Waals surface area contributed by atoms with Crippen LogP contribution in [0.2, 0.25) is 0 Å². The lowest BCUT2D eigenvalue weighted by Gasteiger charge is -2.19. The molecule has 0 saturated heterocycles. The zero-order valence-electron chi connectivity index (χ0n) is 9.31. The Morgan fingerprint density at radius 3 is 2.56 bits per heavy atom. The lowest BCUT2D eigenvalue weighted by atomic mass is 10.1. The fraction of sp³-hybridized carbons (Fsp3) is 0.364. The Balaban J connectivity index is 2.90. The second-order valence-electron chi connectivity index (χ2n) is 3.45. The van der Waals surface area contributed by atoms with Gasteiger partial charge in [0.15, 0.2) is 0 Å². The van der Waals surface area contributed by atoms with Gasteiger partial charge in [-0.25, -0.2) is 0 Å². The number of benzene rings is 1. The van der Waals surface area contributed by atoms with Crippen molar-refractivity contribution in [2.24, 2.45) is 0 Å². The highest BCUT2D eigenvalue weighted by atomic mass is 16.3. The SMILES string of the molecule is CCN(CCO)C(=O)c1ccc(N)c(N)c1. The number of anilines is 2. The van der Waals surface area contributed by atoms with Crippen LogP contribution in [0.1, 0.15) is 17.3 Å². The summed E-state index contributed by atoms with van der Waals surface area (Å²) in [6, 6.07) is 4.79. The Kier molecular flexibility index (Phi) is 4.13. The topological polar surface area (TPSA) is 92.6 Å². The molecule has 0 saturated carbocycles. The van der Waals surface area contributed by atoms with Crippen molar-refractivity contribution in [3.05, 3.63) is 23.8 Å². The minimum absolute atomic E-state index is 0.0516. The van der Waals surface area contributed by atoms with Crippen LogP contribution in [-0.2, 0) is 0 Å². The van der Waals surface area contributed by atoms with Crippen molar-refractivity contribution in [3.63, 3.8) is 0 Å². The zero-order chi connectivity index (χ0) is 12.1. The van der Waals surface area contributed by atoms with Crippen molar-refractivity contribution in [2.75, 3.05) is 31.2 Å². The first-order valence-corrected chi connectivity index (χ1v) is 5.15. The third-order valence-corrected chi connectivity index (χ3v) is 2.37. The Morgan fingerprint density at radius 1 is 1.38 bits per heavy atom. The van der Waals surface area contributed by atoms with E-state index in [0.717, 1.165) is 0 Å². The summed E-state index contributed by atoms with van der Waals surface area (Å²) in [4.78, 5) is 13.5. The maximum Gasteiger partial charge on any atom is 0.253 e. The predicted molar refractivity (Wildman–Crippen MR) is 63.9 cm³/mol.